The van der Waals surface area contributed by atoms with Gasteiger partial charge in [-0.2, -0.15) is 13.2 Å². The topological polar surface area (TPSA) is 57.3 Å². The third kappa shape index (κ3) is 7.83. The maximum Gasteiger partial charge on any atom is 0.401 e. The number of rotatable bonds is 8. The Morgan fingerprint density at radius 1 is 1.27 bits per heavy atom. The predicted molar refractivity (Wildman–Crippen MR) is 96.6 cm³/mol. The van der Waals surface area contributed by atoms with Crippen molar-refractivity contribution >= 4 is 22.5 Å². The molecule has 0 unspecified atom stereocenters. The number of halogens is 3. The van der Waals surface area contributed by atoms with E-state index in [4.69, 9.17) is 0 Å². The maximum absolute atomic E-state index is 12.2. The Hall–Kier alpha value is -2.13. The smallest absolute Gasteiger partial charge is 0.338 e. The molecule has 0 atom stereocenters. The fourth-order valence-corrected chi connectivity index (χ4v) is 3.16. The molecule has 2 aromatic rings. The summed E-state index contributed by atoms with van der Waals surface area (Å²) in [5, 5.41) is 5.74. The van der Waals surface area contributed by atoms with Crippen molar-refractivity contribution in [2.75, 3.05) is 32.0 Å². The normalized spacial score (nSPS) is 11.6. The summed E-state index contributed by atoms with van der Waals surface area (Å²) in [7, 11) is 1.40. The molecule has 26 heavy (non-hydrogen) atoms. The Morgan fingerprint density at radius 3 is 2.69 bits per heavy atom. The Labute approximate surface area is 154 Å². The lowest BCUT2D eigenvalue weighted by Crippen LogP contribution is -2.34. The molecule has 0 saturated carbocycles. The molecule has 1 aromatic carbocycles. The van der Waals surface area contributed by atoms with E-state index in [1.807, 2.05) is 30.3 Å². The van der Waals surface area contributed by atoms with Crippen LogP contribution in [0.4, 0.5) is 23.1 Å². The number of carbonyl (C=O) groups is 1. The number of hydrogen-bond donors (Lipinski definition) is 2. The summed E-state index contributed by atoms with van der Waals surface area (Å²) >= 11 is 1.39. The van der Waals surface area contributed by atoms with Gasteiger partial charge in [0.15, 0.2) is 5.13 Å². The van der Waals surface area contributed by atoms with Gasteiger partial charge in [-0.3, -0.25) is 10.2 Å². The van der Waals surface area contributed by atoms with Crippen LogP contribution in [0.15, 0.2) is 36.5 Å². The van der Waals surface area contributed by atoms with Gasteiger partial charge in [-0.1, -0.05) is 30.3 Å². The van der Waals surface area contributed by atoms with Crippen LogP contribution in [0, 0.1) is 0 Å². The average molecular weight is 386 g/mol. The molecule has 0 aliphatic rings. The molecule has 5 nitrogen and oxygen atoms in total. The zero-order chi connectivity index (χ0) is 19.0. The van der Waals surface area contributed by atoms with E-state index in [9.17, 15) is 18.0 Å². The van der Waals surface area contributed by atoms with Crippen molar-refractivity contribution in [1.29, 1.82) is 0 Å². The van der Waals surface area contributed by atoms with Crippen molar-refractivity contribution in [3.05, 3.63) is 47.0 Å². The molecule has 2 N–H and O–H groups in total. The molecule has 0 aliphatic heterocycles. The number of carbonyl (C=O) groups excluding carboxylic acids is 1. The Bertz CT molecular complexity index is 691. The summed E-state index contributed by atoms with van der Waals surface area (Å²) in [6.45, 7) is -0.420. The molecule has 1 heterocycles. The quantitative estimate of drug-likeness (QED) is 0.680. The van der Waals surface area contributed by atoms with E-state index in [0.717, 1.165) is 16.9 Å². The summed E-state index contributed by atoms with van der Waals surface area (Å²) < 4.78 is 36.6. The van der Waals surface area contributed by atoms with Gasteiger partial charge >= 0.3 is 12.2 Å². The molecule has 0 aliphatic carbocycles. The zero-order valence-corrected chi connectivity index (χ0v) is 15.2. The number of alkyl halides is 3. The van der Waals surface area contributed by atoms with E-state index < -0.39 is 18.8 Å². The molecule has 0 saturated heterocycles. The van der Waals surface area contributed by atoms with E-state index in [1.54, 1.807) is 6.20 Å². The van der Waals surface area contributed by atoms with Crippen molar-refractivity contribution in [3.8, 4) is 0 Å². The van der Waals surface area contributed by atoms with Gasteiger partial charge in [-0.25, -0.2) is 9.78 Å². The summed E-state index contributed by atoms with van der Waals surface area (Å²) in [4.78, 5) is 18.2. The molecule has 0 radical (unpaired) electrons. The maximum atomic E-state index is 12.2. The number of nitrogens with one attached hydrogen (secondary N) is 2. The Morgan fingerprint density at radius 2 is 2.00 bits per heavy atom. The second kappa shape index (κ2) is 9.54. The van der Waals surface area contributed by atoms with Gasteiger partial charge in [-0.15, -0.1) is 11.3 Å². The number of benzene rings is 1. The number of urea groups is 1. The minimum Gasteiger partial charge on any atom is -0.338 e. The first kappa shape index (κ1) is 20.2. The fraction of sp³-hybridized carbons (Fsp3) is 0.412. The summed E-state index contributed by atoms with van der Waals surface area (Å²) in [6.07, 6.45) is -1.31. The number of amides is 2. The minimum atomic E-state index is -4.21. The minimum absolute atomic E-state index is 0.248. The van der Waals surface area contributed by atoms with Crippen LogP contribution in [0.1, 0.15) is 16.9 Å². The van der Waals surface area contributed by atoms with E-state index in [1.165, 1.54) is 23.3 Å². The summed E-state index contributed by atoms with van der Waals surface area (Å²) in [5.41, 5.74) is 1.16. The van der Waals surface area contributed by atoms with Crippen molar-refractivity contribution in [3.63, 3.8) is 0 Å². The zero-order valence-electron chi connectivity index (χ0n) is 14.3. The van der Waals surface area contributed by atoms with Crippen LogP contribution in [0.5, 0.6) is 0 Å². The lowest BCUT2D eigenvalue weighted by atomic mass is 10.1. The summed E-state index contributed by atoms with van der Waals surface area (Å²) in [6, 6.07) is 9.52. The molecule has 2 amide bonds. The molecule has 9 heteroatoms. The monoisotopic (exact) mass is 386 g/mol. The number of thiazole rings is 1. The highest BCUT2D eigenvalue weighted by molar-refractivity contribution is 7.15. The van der Waals surface area contributed by atoms with Crippen LogP contribution in [0.25, 0.3) is 0 Å². The van der Waals surface area contributed by atoms with E-state index in [-0.39, 0.29) is 13.1 Å². The third-order valence-corrected chi connectivity index (χ3v) is 4.36. The van der Waals surface area contributed by atoms with Crippen LogP contribution in [0.3, 0.4) is 0 Å². The van der Waals surface area contributed by atoms with E-state index in [0.29, 0.717) is 11.6 Å². The van der Waals surface area contributed by atoms with Gasteiger partial charge in [0.05, 0.1) is 6.54 Å². The number of aromatic nitrogens is 1. The predicted octanol–water partition coefficient (Wildman–Crippen LogP) is 3.74. The Balaban J connectivity index is 1.67. The first-order chi connectivity index (χ1) is 12.3. The van der Waals surface area contributed by atoms with Gasteiger partial charge < -0.3 is 5.32 Å². The molecule has 1 aromatic heterocycles. The molecular formula is C17H21F3N4OS. The van der Waals surface area contributed by atoms with Crippen molar-refractivity contribution in [2.45, 2.75) is 19.0 Å². The molecule has 0 fully saturated rings. The standard InChI is InChI=1S/C17H21F3N4OS/c1-24(12-17(18,19)20)9-5-8-21-15(25)23-16-22-11-14(26-16)10-13-6-3-2-4-7-13/h2-4,6-7,11H,5,8-10,12H2,1H3,(H2,21,22,23,25). The first-order valence-corrected chi connectivity index (χ1v) is 8.92. The van der Waals surface area contributed by atoms with Gasteiger partial charge in [0.25, 0.3) is 0 Å². The fourth-order valence-electron chi connectivity index (χ4n) is 2.32. The highest BCUT2D eigenvalue weighted by atomic mass is 32.1. The second-order valence-corrected chi connectivity index (χ2v) is 7.00. The number of hydrogen-bond acceptors (Lipinski definition) is 4. The number of nitrogens with zero attached hydrogens (tertiary/aromatic N) is 2. The van der Waals surface area contributed by atoms with Gasteiger partial charge in [0, 0.05) is 24.0 Å². The van der Waals surface area contributed by atoms with Crippen molar-refractivity contribution < 1.29 is 18.0 Å². The van der Waals surface area contributed by atoms with Crippen LogP contribution in [-0.4, -0.2) is 48.8 Å². The van der Waals surface area contributed by atoms with Crippen LogP contribution in [0.2, 0.25) is 0 Å². The highest BCUT2D eigenvalue weighted by Crippen LogP contribution is 2.21. The molecule has 0 bridgehead atoms. The third-order valence-electron chi connectivity index (χ3n) is 3.45. The van der Waals surface area contributed by atoms with Crippen LogP contribution >= 0.6 is 11.3 Å². The average Bonchev–Trinajstić information content (AvgIpc) is 2.98. The Kier molecular flexibility index (Phi) is 7.40. The van der Waals surface area contributed by atoms with Gasteiger partial charge in [0.2, 0.25) is 0 Å². The highest BCUT2D eigenvalue weighted by Gasteiger charge is 2.28. The first-order valence-electron chi connectivity index (χ1n) is 8.10. The van der Waals surface area contributed by atoms with Crippen LogP contribution < -0.4 is 10.6 Å². The molecule has 0 spiro atoms. The van der Waals surface area contributed by atoms with Gasteiger partial charge in [-0.05, 0) is 25.6 Å². The molecule has 2 rings (SSSR count). The van der Waals surface area contributed by atoms with Crippen molar-refractivity contribution in [1.82, 2.24) is 15.2 Å². The summed E-state index contributed by atoms with van der Waals surface area (Å²) in [5.74, 6) is 0. The van der Waals surface area contributed by atoms with Crippen molar-refractivity contribution in [2.24, 2.45) is 0 Å². The lowest BCUT2D eigenvalue weighted by molar-refractivity contribution is -0.143. The molecular weight excluding hydrogens is 365 g/mol. The van der Waals surface area contributed by atoms with Crippen LogP contribution in [-0.2, 0) is 6.42 Å². The second-order valence-electron chi connectivity index (χ2n) is 5.88. The molecule has 142 valence electrons. The largest absolute Gasteiger partial charge is 0.401 e. The van der Waals surface area contributed by atoms with E-state index >= 15 is 0 Å². The lowest BCUT2D eigenvalue weighted by Gasteiger charge is -2.18. The SMILES string of the molecule is CN(CCCNC(=O)Nc1ncc(Cc2ccccc2)s1)CC(F)(F)F. The number of anilines is 1. The van der Waals surface area contributed by atoms with E-state index in [2.05, 4.69) is 15.6 Å². The van der Waals surface area contributed by atoms with Gasteiger partial charge in [0.1, 0.15) is 0 Å².